The summed E-state index contributed by atoms with van der Waals surface area (Å²) in [7, 11) is -3.66. The fourth-order valence-electron chi connectivity index (χ4n) is 3.16. The van der Waals surface area contributed by atoms with E-state index in [9.17, 15) is 8.42 Å². The van der Waals surface area contributed by atoms with Crippen LogP contribution in [0.3, 0.4) is 0 Å². The second kappa shape index (κ2) is 8.80. The van der Waals surface area contributed by atoms with Crippen LogP contribution < -0.4 is 15.8 Å². The minimum absolute atomic E-state index is 0.0946. The molecule has 3 rings (SSSR count). The standard InChI is InChI=1S/C20H26N6O3S/c1-12-7-5-8-16(13(12)2)17-11-18(25-20(21)24-17)22-9-6-10-23-30(27,28)19-14(3)26-29-15(19)4/h5,7-8,11,23H,6,9-10H2,1-4H3,(H3,21,22,24,25). The number of nitrogens with one attached hydrogen (secondary N) is 2. The minimum atomic E-state index is -3.66. The summed E-state index contributed by atoms with van der Waals surface area (Å²) < 4.78 is 32.3. The molecular weight excluding hydrogens is 404 g/mol. The summed E-state index contributed by atoms with van der Waals surface area (Å²) in [5.74, 6) is 1.04. The van der Waals surface area contributed by atoms with Crippen molar-refractivity contribution in [2.24, 2.45) is 0 Å². The van der Waals surface area contributed by atoms with Gasteiger partial charge in [-0.1, -0.05) is 23.4 Å². The van der Waals surface area contributed by atoms with Crippen molar-refractivity contribution in [3.8, 4) is 11.3 Å². The van der Waals surface area contributed by atoms with Crippen molar-refractivity contribution in [1.29, 1.82) is 0 Å². The average Bonchev–Trinajstić information content (AvgIpc) is 3.02. The Bertz CT molecular complexity index is 1140. The quantitative estimate of drug-likeness (QED) is 0.464. The Hall–Kier alpha value is -2.98. The van der Waals surface area contributed by atoms with Crippen molar-refractivity contribution >= 4 is 21.8 Å². The highest BCUT2D eigenvalue weighted by atomic mass is 32.2. The maximum atomic E-state index is 12.4. The maximum Gasteiger partial charge on any atom is 0.245 e. The van der Waals surface area contributed by atoms with Crippen LogP contribution in [0.2, 0.25) is 0 Å². The predicted molar refractivity (Wildman–Crippen MR) is 116 cm³/mol. The van der Waals surface area contributed by atoms with Crippen LogP contribution in [0.15, 0.2) is 33.7 Å². The lowest BCUT2D eigenvalue weighted by Gasteiger charge is -2.11. The van der Waals surface area contributed by atoms with Gasteiger partial charge in [-0.15, -0.1) is 0 Å². The molecule has 0 atom stereocenters. The molecule has 9 nitrogen and oxygen atoms in total. The number of hydrogen-bond acceptors (Lipinski definition) is 8. The zero-order chi connectivity index (χ0) is 21.9. The third kappa shape index (κ3) is 4.77. The van der Waals surface area contributed by atoms with Crippen LogP contribution in [0.5, 0.6) is 0 Å². The van der Waals surface area contributed by atoms with Crippen LogP contribution in [-0.2, 0) is 10.0 Å². The molecule has 0 spiro atoms. The van der Waals surface area contributed by atoms with Gasteiger partial charge in [-0.25, -0.2) is 18.1 Å². The summed E-state index contributed by atoms with van der Waals surface area (Å²) in [5.41, 5.74) is 10.3. The highest BCUT2D eigenvalue weighted by Gasteiger charge is 2.23. The van der Waals surface area contributed by atoms with Gasteiger partial charge in [0, 0.05) is 24.7 Å². The van der Waals surface area contributed by atoms with E-state index < -0.39 is 10.0 Å². The van der Waals surface area contributed by atoms with Gasteiger partial charge in [-0.3, -0.25) is 0 Å². The van der Waals surface area contributed by atoms with Gasteiger partial charge < -0.3 is 15.6 Å². The lowest BCUT2D eigenvalue weighted by molar-refractivity contribution is 0.390. The van der Waals surface area contributed by atoms with Gasteiger partial charge in [0.1, 0.15) is 16.4 Å². The number of nitrogen functional groups attached to an aromatic ring is 1. The van der Waals surface area contributed by atoms with Crippen LogP contribution in [0.25, 0.3) is 11.3 Å². The van der Waals surface area contributed by atoms with Crippen LogP contribution >= 0.6 is 0 Å². The molecule has 0 aliphatic carbocycles. The average molecular weight is 431 g/mol. The van der Waals surface area contributed by atoms with Gasteiger partial charge in [0.25, 0.3) is 0 Å². The SMILES string of the molecule is Cc1cccc(-c2cc(NCCCNS(=O)(=O)c3c(C)noc3C)nc(N)n2)c1C. The fraction of sp³-hybridized carbons (Fsp3) is 0.350. The third-order valence-corrected chi connectivity index (χ3v) is 6.52. The lowest BCUT2D eigenvalue weighted by Crippen LogP contribution is -2.27. The summed E-state index contributed by atoms with van der Waals surface area (Å²) in [6.45, 7) is 8.02. The van der Waals surface area contributed by atoms with E-state index in [1.165, 1.54) is 5.56 Å². The van der Waals surface area contributed by atoms with Crippen molar-refractivity contribution in [1.82, 2.24) is 19.8 Å². The fourth-order valence-corrected chi connectivity index (χ4v) is 4.56. The number of anilines is 2. The summed E-state index contributed by atoms with van der Waals surface area (Å²) in [6, 6.07) is 7.86. The Morgan fingerprint density at radius 1 is 1.10 bits per heavy atom. The summed E-state index contributed by atoms with van der Waals surface area (Å²) >= 11 is 0. The first kappa shape index (κ1) is 21.7. The summed E-state index contributed by atoms with van der Waals surface area (Å²) in [5, 5.41) is 6.86. The smallest absolute Gasteiger partial charge is 0.245 e. The van der Waals surface area contributed by atoms with Crippen LogP contribution in [0.4, 0.5) is 11.8 Å². The molecule has 0 amide bonds. The summed E-state index contributed by atoms with van der Waals surface area (Å²) in [4.78, 5) is 8.66. The van der Waals surface area contributed by atoms with Gasteiger partial charge >= 0.3 is 0 Å². The highest BCUT2D eigenvalue weighted by molar-refractivity contribution is 7.89. The number of aromatic nitrogens is 3. The van der Waals surface area contributed by atoms with Crippen LogP contribution in [0, 0.1) is 27.7 Å². The number of rotatable bonds is 8. The molecule has 0 aliphatic heterocycles. The maximum absolute atomic E-state index is 12.4. The molecule has 1 aromatic carbocycles. The van der Waals surface area contributed by atoms with Gasteiger partial charge in [-0.05, 0) is 45.2 Å². The molecule has 2 heterocycles. The molecule has 4 N–H and O–H groups in total. The van der Waals surface area contributed by atoms with Gasteiger partial charge in [0.15, 0.2) is 5.76 Å². The van der Waals surface area contributed by atoms with E-state index in [0.717, 1.165) is 16.8 Å². The third-order valence-electron chi connectivity index (χ3n) is 4.81. The first-order valence-electron chi connectivity index (χ1n) is 9.56. The molecule has 0 saturated carbocycles. The Morgan fingerprint density at radius 3 is 2.57 bits per heavy atom. The molecule has 30 heavy (non-hydrogen) atoms. The van der Waals surface area contributed by atoms with E-state index in [0.29, 0.717) is 24.5 Å². The molecule has 160 valence electrons. The van der Waals surface area contributed by atoms with E-state index in [4.69, 9.17) is 10.3 Å². The summed E-state index contributed by atoms with van der Waals surface area (Å²) in [6.07, 6.45) is 0.547. The molecule has 2 aromatic heterocycles. The second-order valence-corrected chi connectivity index (χ2v) is 8.78. The van der Waals surface area contributed by atoms with Crippen LogP contribution in [-0.4, -0.2) is 36.6 Å². The highest BCUT2D eigenvalue weighted by Crippen LogP contribution is 2.26. The van der Waals surface area contributed by atoms with Crippen molar-refractivity contribution in [2.45, 2.75) is 39.0 Å². The first-order chi connectivity index (χ1) is 14.2. The van der Waals surface area contributed by atoms with E-state index in [1.54, 1.807) is 13.8 Å². The van der Waals surface area contributed by atoms with E-state index in [2.05, 4.69) is 25.2 Å². The van der Waals surface area contributed by atoms with Crippen molar-refractivity contribution in [3.05, 3.63) is 46.8 Å². The molecule has 0 fully saturated rings. The van der Waals surface area contributed by atoms with E-state index >= 15 is 0 Å². The monoisotopic (exact) mass is 430 g/mol. The van der Waals surface area contributed by atoms with Gasteiger partial charge in [0.05, 0.1) is 5.69 Å². The lowest BCUT2D eigenvalue weighted by atomic mass is 10.0. The number of sulfonamides is 1. The van der Waals surface area contributed by atoms with Crippen molar-refractivity contribution < 1.29 is 12.9 Å². The topological polar surface area (TPSA) is 136 Å². The molecule has 0 radical (unpaired) electrons. The zero-order valence-electron chi connectivity index (χ0n) is 17.5. The number of hydrogen-bond donors (Lipinski definition) is 3. The number of nitrogens with zero attached hydrogens (tertiary/aromatic N) is 3. The van der Waals surface area contributed by atoms with Crippen molar-refractivity contribution in [2.75, 3.05) is 24.1 Å². The number of benzene rings is 1. The Balaban J connectivity index is 1.60. The molecule has 10 heteroatoms. The van der Waals surface area contributed by atoms with Gasteiger partial charge in [-0.2, -0.15) is 4.98 Å². The Kier molecular flexibility index (Phi) is 6.37. The largest absolute Gasteiger partial charge is 0.370 e. The van der Waals surface area contributed by atoms with Crippen LogP contribution in [0.1, 0.15) is 29.0 Å². The van der Waals surface area contributed by atoms with Gasteiger partial charge in [0.2, 0.25) is 16.0 Å². The Morgan fingerprint density at radius 2 is 1.87 bits per heavy atom. The minimum Gasteiger partial charge on any atom is -0.370 e. The predicted octanol–water partition coefficient (Wildman–Crippen LogP) is 2.73. The molecule has 0 bridgehead atoms. The molecule has 0 aliphatic rings. The molecule has 0 saturated heterocycles. The zero-order valence-corrected chi connectivity index (χ0v) is 18.3. The molecule has 3 aromatic rings. The molecule has 0 unspecified atom stereocenters. The second-order valence-electron chi connectivity index (χ2n) is 7.08. The number of nitrogens with two attached hydrogens (primary N) is 1. The van der Waals surface area contributed by atoms with E-state index in [-0.39, 0.29) is 23.1 Å². The van der Waals surface area contributed by atoms with Crippen molar-refractivity contribution in [3.63, 3.8) is 0 Å². The normalized spacial score (nSPS) is 11.6. The Labute approximate surface area is 176 Å². The van der Waals surface area contributed by atoms with E-state index in [1.807, 2.05) is 38.1 Å². The molecular formula is C20H26N6O3S. The number of aryl methyl sites for hydroxylation is 3. The first-order valence-corrected chi connectivity index (χ1v) is 11.0.